The third kappa shape index (κ3) is 1.31. The van der Waals surface area contributed by atoms with Crippen molar-refractivity contribution < 1.29 is 0 Å². The van der Waals surface area contributed by atoms with Gasteiger partial charge in [0.15, 0.2) is 5.82 Å². The lowest BCUT2D eigenvalue weighted by molar-refractivity contribution is 0.780. The van der Waals surface area contributed by atoms with Gasteiger partial charge in [0, 0.05) is 0 Å². The van der Waals surface area contributed by atoms with E-state index in [9.17, 15) is 0 Å². The maximum atomic E-state index is 6.02. The van der Waals surface area contributed by atoms with Gasteiger partial charge in [0.25, 0.3) is 0 Å². The summed E-state index contributed by atoms with van der Waals surface area (Å²) in [5.41, 5.74) is 6.86. The van der Waals surface area contributed by atoms with E-state index in [0.717, 1.165) is 0 Å². The maximum Gasteiger partial charge on any atom is 0.153 e. The zero-order valence-electron chi connectivity index (χ0n) is 7.48. The number of benzene rings is 1. The lowest BCUT2D eigenvalue weighted by atomic mass is 10.3. The minimum atomic E-state index is 0.461. The number of hydrogen-bond acceptors (Lipinski definition) is 4. The Morgan fingerprint density at radius 1 is 1.43 bits per heavy atom. The Bertz CT molecular complexity index is 465. The van der Waals surface area contributed by atoms with Gasteiger partial charge >= 0.3 is 0 Å². The summed E-state index contributed by atoms with van der Waals surface area (Å²) >= 11 is 6.02. The van der Waals surface area contributed by atoms with Crippen molar-refractivity contribution in [2.24, 2.45) is 0 Å². The minimum absolute atomic E-state index is 0.461. The number of aromatic nitrogens is 4. The van der Waals surface area contributed by atoms with E-state index < -0.39 is 0 Å². The molecule has 2 aromatic rings. The van der Waals surface area contributed by atoms with Crippen LogP contribution in [0.1, 0.15) is 5.82 Å². The molecule has 0 aliphatic carbocycles. The number of halogens is 1. The molecule has 0 spiro atoms. The maximum absolute atomic E-state index is 6.02. The monoisotopic (exact) mass is 209 g/mol. The first-order chi connectivity index (χ1) is 6.70. The lowest BCUT2D eigenvalue weighted by Gasteiger charge is -2.05. The van der Waals surface area contributed by atoms with E-state index in [1.54, 1.807) is 23.7 Å². The van der Waals surface area contributed by atoms with Crippen LogP contribution in [0, 0.1) is 6.92 Å². The van der Waals surface area contributed by atoms with Crippen LogP contribution < -0.4 is 5.73 Å². The molecule has 0 aliphatic rings. The molecule has 1 aromatic carbocycles. The van der Waals surface area contributed by atoms with Crippen LogP contribution in [0.3, 0.4) is 0 Å². The molecular formula is C8H8ClN5. The number of tetrazole rings is 1. The molecule has 0 atom stereocenters. The van der Waals surface area contributed by atoms with Crippen LogP contribution in [0.25, 0.3) is 5.69 Å². The first kappa shape index (κ1) is 8.96. The lowest BCUT2D eigenvalue weighted by Crippen LogP contribution is -2.01. The highest BCUT2D eigenvalue weighted by Crippen LogP contribution is 2.25. The van der Waals surface area contributed by atoms with Crippen LogP contribution >= 0.6 is 11.6 Å². The number of rotatable bonds is 1. The van der Waals surface area contributed by atoms with Crippen LogP contribution in [0.2, 0.25) is 5.02 Å². The van der Waals surface area contributed by atoms with Crippen molar-refractivity contribution in [1.29, 1.82) is 0 Å². The molecule has 6 heteroatoms. The Hall–Kier alpha value is -1.62. The summed E-state index contributed by atoms with van der Waals surface area (Å²) < 4.78 is 1.54. The van der Waals surface area contributed by atoms with Crippen molar-refractivity contribution >= 4 is 17.3 Å². The number of nitrogens with zero attached hydrogens (tertiary/aromatic N) is 4. The van der Waals surface area contributed by atoms with Crippen LogP contribution in [0.15, 0.2) is 18.2 Å². The SMILES string of the molecule is Cc1nnnn1-c1cccc(N)c1Cl. The van der Waals surface area contributed by atoms with Gasteiger partial charge in [0.2, 0.25) is 0 Å². The van der Waals surface area contributed by atoms with E-state index in [1.165, 1.54) is 0 Å². The molecule has 0 saturated heterocycles. The number of nitrogen functional groups attached to an aromatic ring is 1. The largest absolute Gasteiger partial charge is 0.397 e. The highest BCUT2D eigenvalue weighted by atomic mass is 35.5. The fourth-order valence-electron chi connectivity index (χ4n) is 1.16. The quantitative estimate of drug-likeness (QED) is 0.717. The predicted molar refractivity (Wildman–Crippen MR) is 53.3 cm³/mol. The first-order valence-electron chi connectivity index (χ1n) is 3.99. The minimum Gasteiger partial charge on any atom is -0.397 e. The fourth-order valence-corrected chi connectivity index (χ4v) is 1.36. The van der Waals surface area contributed by atoms with Crippen LogP contribution in [-0.4, -0.2) is 20.2 Å². The third-order valence-electron chi connectivity index (χ3n) is 1.86. The standard InChI is InChI=1S/C8H8ClN5/c1-5-11-12-13-14(5)7-4-2-3-6(10)8(7)9/h2-4H,10H2,1H3. The first-order valence-corrected chi connectivity index (χ1v) is 4.37. The van der Waals surface area contributed by atoms with Gasteiger partial charge in [-0.15, -0.1) is 5.10 Å². The van der Waals surface area contributed by atoms with Crippen LogP contribution in [-0.2, 0) is 0 Å². The molecule has 14 heavy (non-hydrogen) atoms. The number of hydrogen-bond donors (Lipinski definition) is 1. The Morgan fingerprint density at radius 2 is 2.21 bits per heavy atom. The van der Waals surface area contributed by atoms with Crippen molar-refractivity contribution in [2.75, 3.05) is 5.73 Å². The normalized spacial score (nSPS) is 10.4. The second kappa shape index (κ2) is 3.26. The molecule has 0 amide bonds. The summed E-state index contributed by atoms with van der Waals surface area (Å²) in [6, 6.07) is 5.34. The summed E-state index contributed by atoms with van der Waals surface area (Å²) in [5.74, 6) is 0.664. The Kier molecular flexibility index (Phi) is 2.09. The molecule has 0 unspecified atom stereocenters. The van der Waals surface area contributed by atoms with Gasteiger partial charge in [-0.1, -0.05) is 17.7 Å². The van der Waals surface area contributed by atoms with E-state index in [2.05, 4.69) is 15.5 Å². The van der Waals surface area contributed by atoms with Gasteiger partial charge in [-0.2, -0.15) is 4.68 Å². The number of anilines is 1. The third-order valence-corrected chi connectivity index (χ3v) is 2.27. The Balaban J connectivity index is 2.63. The smallest absolute Gasteiger partial charge is 0.153 e. The Morgan fingerprint density at radius 3 is 2.86 bits per heavy atom. The zero-order valence-corrected chi connectivity index (χ0v) is 8.23. The van der Waals surface area contributed by atoms with Gasteiger partial charge in [-0.3, -0.25) is 0 Å². The van der Waals surface area contributed by atoms with Crippen molar-refractivity contribution in [1.82, 2.24) is 20.2 Å². The van der Waals surface area contributed by atoms with E-state index in [-0.39, 0.29) is 0 Å². The molecule has 0 radical (unpaired) electrons. The summed E-state index contributed by atoms with van der Waals surface area (Å²) in [7, 11) is 0. The van der Waals surface area contributed by atoms with Gasteiger partial charge in [0.05, 0.1) is 16.4 Å². The van der Waals surface area contributed by atoms with Crippen molar-refractivity contribution in [3.05, 3.63) is 29.0 Å². The van der Waals surface area contributed by atoms with Crippen molar-refractivity contribution in [3.63, 3.8) is 0 Å². The molecule has 2 rings (SSSR count). The molecule has 0 bridgehead atoms. The highest BCUT2D eigenvalue weighted by Gasteiger charge is 2.09. The van der Waals surface area contributed by atoms with E-state index in [1.807, 2.05) is 6.07 Å². The summed E-state index contributed by atoms with van der Waals surface area (Å²) in [6.07, 6.45) is 0. The van der Waals surface area contributed by atoms with Gasteiger partial charge in [-0.05, 0) is 29.5 Å². The predicted octanol–water partition coefficient (Wildman–Crippen LogP) is 1.21. The molecule has 2 N–H and O–H groups in total. The summed E-state index contributed by atoms with van der Waals surface area (Å²) in [4.78, 5) is 0. The van der Waals surface area contributed by atoms with Gasteiger partial charge < -0.3 is 5.73 Å². The van der Waals surface area contributed by atoms with Gasteiger partial charge in [-0.25, -0.2) is 0 Å². The summed E-state index contributed by atoms with van der Waals surface area (Å²) in [6.45, 7) is 1.79. The number of nitrogens with two attached hydrogens (primary N) is 1. The zero-order chi connectivity index (χ0) is 10.1. The molecular weight excluding hydrogens is 202 g/mol. The molecule has 1 aromatic heterocycles. The van der Waals surface area contributed by atoms with Crippen LogP contribution in [0.4, 0.5) is 5.69 Å². The van der Waals surface area contributed by atoms with Gasteiger partial charge in [0.1, 0.15) is 0 Å². The Labute approximate surface area is 85.5 Å². The topological polar surface area (TPSA) is 69.6 Å². The van der Waals surface area contributed by atoms with Crippen molar-refractivity contribution in [2.45, 2.75) is 6.92 Å². The molecule has 72 valence electrons. The van der Waals surface area contributed by atoms with Crippen molar-refractivity contribution in [3.8, 4) is 5.69 Å². The average Bonchev–Trinajstić information content (AvgIpc) is 2.57. The molecule has 1 heterocycles. The average molecular weight is 210 g/mol. The second-order valence-electron chi connectivity index (χ2n) is 2.82. The second-order valence-corrected chi connectivity index (χ2v) is 3.20. The molecule has 0 fully saturated rings. The fraction of sp³-hybridized carbons (Fsp3) is 0.125. The highest BCUT2D eigenvalue weighted by molar-refractivity contribution is 6.34. The van der Waals surface area contributed by atoms with E-state index in [0.29, 0.717) is 22.2 Å². The summed E-state index contributed by atoms with van der Waals surface area (Å²) in [5, 5.41) is 11.6. The molecule has 0 aliphatic heterocycles. The van der Waals surface area contributed by atoms with Crippen LogP contribution in [0.5, 0.6) is 0 Å². The number of aryl methyl sites for hydroxylation is 1. The van der Waals surface area contributed by atoms with E-state index >= 15 is 0 Å². The molecule has 5 nitrogen and oxygen atoms in total. The molecule has 0 saturated carbocycles. The van der Waals surface area contributed by atoms with E-state index in [4.69, 9.17) is 17.3 Å².